The lowest BCUT2D eigenvalue weighted by Gasteiger charge is -2.07. The van der Waals surface area contributed by atoms with E-state index in [-0.39, 0.29) is 18.3 Å². The van der Waals surface area contributed by atoms with Crippen molar-refractivity contribution < 1.29 is 14.2 Å². The summed E-state index contributed by atoms with van der Waals surface area (Å²) in [5.41, 5.74) is 1.09. The van der Waals surface area contributed by atoms with Crippen LogP contribution in [0, 0.1) is 12.7 Å². The predicted molar refractivity (Wildman–Crippen MR) is 59.2 cm³/mol. The lowest BCUT2D eigenvalue weighted by atomic mass is 10.2. The van der Waals surface area contributed by atoms with Gasteiger partial charge in [0, 0.05) is 0 Å². The molecule has 0 spiro atoms. The van der Waals surface area contributed by atoms with Crippen LogP contribution in [0.4, 0.5) is 4.39 Å². The van der Waals surface area contributed by atoms with Crippen molar-refractivity contribution in [2.75, 3.05) is 0 Å². The molecule has 0 atom stereocenters. The van der Waals surface area contributed by atoms with E-state index in [0.717, 1.165) is 0 Å². The third kappa shape index (κ3) is 2.76. The number of ether oxygens (including phenoxy) is 1. The molecule has 1 N–H and O–H groups in total. The number of benzene rings is 1. The fourth-order valence-corrected chi connectivity index (χ4v) is 1.35. The van der Waals surface area contributed by atoms with Crippen LogP contribution in [0.5, 0.6) is 11.6 Å². The molecule has 1 heterocycles. The first-order chi connectivity index (χ1) is 8.19. The van der Waals surface area contributed by atoms with Crippen LogP contribution in [-0.2, 0) is 6.61 Å². The minimum absolute atomic E-state index is 0.202. The van der Waals surface area contributed by atoms with E-state index in [9.17, 15) is 4.39 Å². The summed E-state index contributed by atoms with van der Waals surface area (Å²) in [5.74, 6) is 0.465. The van der Waals surface area contributed by atoms with Crippen LogP contribution in [0.3, 0.4) is 0 Å². The summed E-state index contributed by atoms with van der Waals surface area (Å²) in [7, 11) is 0. The zero-order valence-corrected chi connectivity index (χ0v) is 9.22. The standard InChI is InChI=1S/C12H11FN2O2/c1-8-4-9(13)2-3-11(8)17-12-6-14-5-10(7-16)15-12/h2-6,16H,7H2,1H3. The van der Waals surface area contributed by atoms with E-state index in [0.29, 0.717) is 17.0 Å². The van der Waals surface area contributed by atoms with Gasteiger partial charge in [0.1, 0.15) is 11.6 Å². The molecule has 0 radical (unpaired) electrons. The number of rotatable bonds is 3. The van der Waals surface area contributed by atoms with Crippen molar-refractivity contribution in [2.24, 2.45) is 0 Å². The third-order valence-corrected chi connectivity index (χ3v) is 2.18. The third-order valence-electron chi connectivity index (χ3n) is 2.18. The van der Waals surface area contributed by atoms with Crippen molar-refractivity contribution in [1.82, 2.24) is 9.97 Å². The summed E-state index contributed by atoms with van der Waals surface area (Å²) < 4.78 is 18.3. The van der Waals surface area contributed by atoms with E-state index in [4.69, 9.17) is 9.84 Å². The molecule has 17 heavy (non-hydrogen) atoms. The van der Waals surface area contributed by atoms with E-state index >= 15 is 0 Å². The van der Waals surface area contributed by atoms with Gasteiger partial charge in [-0.15, -0.1) is 0 Å². The van der Waals surface area contributed by atoms with Crippen LogP contribution in [0.15, 0.2) is 30.6 Å². The topological polar surface area (TPSA) is 55.2 Å². The molecule has 5 heteroatoms. The zero-order valence-electron chi connectivity index (χ0n) is 9.22. The van der Waals surface area contributed by atoms with Gasteiger partial charge in [-0.05, 0) is 30.7 Å². The van der Waals surface area contributed by atoms with Crippen LogP contribution in [0.1, 0.15) is 11.3 Å². The molecule has 88 valence electrons. The number of hydrogen-bond donors (Lipinski definition) is 1. The average Bonchev–Trinajstić information content (AvgIpc) is 2.33. The summed E-state index contributed by atoms with van der Waals surface area (Å²) in [6.07, 6.45) is 2.88. The maximum Gasteiger partial charge on any atom is 0.238 e. The largest absolute Gasteiger partial charge is 0.437 e. The van der Waals surface area contributed by atoms with Crippen LogP contribution < -0.4 is 4.74 Å². The summed E-state index contributed by atoms with van der Waals surface area (Å²) in [4.78, 5) is 7.90. The normalized spacial score (nSPS) is 10.3. The molecule has 2 rings (SSSR count). The molecule has 2 aromatic rings. The molecule has 0 saturated carbocycles. The number of aliphatic hydroxyl groups excluding tert-OH is 1. The average molecular weight is 234 g/mol. The Morgan fingerprint density at radius 3 is 2.88 bits per heavy atom. The molecule has 1 aromatic carbocycles. The van der Waals surface area contributed by atoms with Gasteiger partial charge in [0.2, 0.25) is 5.88 Å². The Morgan fingerprint density at radius 1 is 1.35 bits per heavy atom. The maximum atomic E-state index is 12.9. The molecular formula is C12H11FN2O2. The molecule has 0 saturated heterocycles. The van der Waals surface area contributed by atoms with Crippen LogP contribution >= 0.6 is 0 Å². The number of nitrogens with zero attached hydrogens (tertiary/aromatic N) is 2. The Balaban J connectivity index is 2.25. The molecule has 0 bridgehead atoms. The predicted octanol–water partition coefficient (Wildman–Crippen LogP) is 2.21. The Labute approximate surface area is 97.7 Å². The first kappa shape index (κ1) is 11.5. The summed E-state index contributed by atoms with van der Waals surface area (Å²) in [6.45, 7) is 1.54. The first-order valence-corrected chi connectivity index (χ1v) is 5.05. The molecule has 0 aliphatic rings. The second-order valence-electron chi connectivity index (χ2n) is 3.52. The van der Waals surface area contributed by atoms with E-state index in [1.807, 2.05) is 0 Å². The lowest BCUT2D eigenvalue weighted by Crippen LogP contribution is -1.96. The number of aliphatic hydroxyl groups is 1. The minimum Gasteiger partial charge on any atom is -0.437 e. The van der Waals surface area contributed by atoms with Gasteiger partial charge in [0.05, 0.1) is 24.7 Å². The van der Waals surface area contributed by atoms with Crippen molar-refractivity contribution >= 4 is 0 Å². The number of halogens is 1. The van der Waals surface area contributed by atoms with Gasteiger partial charge in [0.15, 0.2) is 0 Å². The van der Waals surface area contributed by atoms with E-state index in [2.05, 4.69) is 9.97 Å². The van der Waals surface area contributed by atoms with Crippen molar-refractivity contribution in [2.45, 2.75) is 13.5 Å². The fraction of sp³-hybridized carbons (Fsp3) is 0.167. The number of aromatic nitrogens is 2. The second-order valence-corrected chi connectivity index (χ2v) is 3.52. The smallest absolute Gasteiger partial charge is 0.238 e. The van der Waals surface area contributed by atoms with E-state index < -0.39 is 0 Å². The highest BCUT2D eigenvalue weighted by Gasteiger charge is 2.04. The van der Waals surface area contributed by atoms with Crippen LogP contribution in [0.25, 0.3) is 0 Å². The minimum atomic E-state index is -0.315. The molecule has 1 aromatic heterocycles. The number of hydrogen-bond acceptors (Lipinski definition) is 4. The highest BCUT2D eigenvalue weighted by molar-refractivity contribution is 5.35. The Morgan fingerprint density at radius 2 is 2.18 bits per heavy atom. The molecule has 0 amide bonds. The monoisotopic (exact) mass is 234 g/mol. The van der Waals surface area contributed by atoms with Crippen molar-refractivity contribution in [1.29, 1.82) is 0 Å². The molecule has 4 nitrogen and oxygen atoms in total. The van der Waals surface area contributed by atoms with Gasteiger partial charge in [-0.1, -0.05) is 0 Å². The zero-order chi connectivity index (χ0) is 12.3. The SMILES string of the molecule is Cc1cc(F)ccc1Oc1cncc(CO)n1. The molecule has 0 aliphatic heterocycles. The van der Waals surface area contributed by atoms with Crippen LogP contribution in [-0.4, -0.2) is 15.1 Å². The lowest BCUT2D eigenvalue weighted by molar-refractivity contribution is 0.274. The molecule has 0 unspecified atom stereocenters. The molecule has 0 fully saturated rings. The van der Waals surface area contributed by atoms with Crippen molar-refractivity contribution in [3.05, 3.63) is 47.7 Å². The highest BCUT2D eigenvalue weighted by Crippen LogP contribution is 2.23. The quantitative estimate of drug-likeness (QED) is 0.884. The summed E-state index contributed by atoms with van der Waals surface area (Å²) in [5, 5.41) is 8.91. The Hall–Kier alpha value is -2.01. The second kappa shape index (κ2) is 4.88. The van der Waals surface area contributed by atoms with Crippen LogP contribution in [0.2, 0.25) is 0 Å². The van der Waals surface area contributed by atoms with Gasteiger partial charge in [-0.25, -0.2) is 9.37 Å². The van der Waals surface area contributed by atoms with Crippen molar-refractivity contribution in [3.8, 4) is 11.6 Å². The van der Waals surface area contributed by atoms with Crippen molar-refractivity contribution in [3.63, 3.8) is 0 Å². The van der Waals surface area contributed by atoms with Gasteiger partial charge < -0.3 is 9.84 Å². The van der Waals surface area contributed by atoms with Gasteiger partial charge in [-0.3, -0.25) is 4.98 Å². The summed E-state index contributed by atoms with van der Waals surface area (Å²) >= 11 is 0. The van der Waals surface area contributed by atoms with Gasteiger partial charge in [0.25, 0.3) is 0 Å². The summed E-state index contributed by atoms with van der Waals surface area (Å²) in [6, 6.07) is 4.21. The maximum absolute atomic E-state index is 12.9. The fourth-order valence-electron chi connectivity index (χ4n) is 1.35. The van der Waals surface area contributed by atoms with Gasteiger partial charge >= 0.3 is 0 Å². The Bertz CT molecular complexity index is 532. The molecular weight excluding hydrogens is 223 g/mol. The first-order valence-electron chi connectivity index (χ1n) is 5.05. The van der Waals surface area contributed by atoms with Gasteiger partial charge in [-0.2, -0.15) is 0 Å². The number of aryl methyl sites for hydroxylation is 1. The van der Waals surface area contributed by atoms with E-state index in [1.165, 1.54) is 30.6 Å². The highest BCUT2D eigenvalue weighted by atomic mass is 19.1. The Kier molecular flexibility index (Phi) is 3.30. The molecule has 0 aliphatic carbocycles. The van der Waals surface area contributed by atoms with E-state index in [1.54, 1.807) is 6.92 Å².